The average Bonchev–Trinajstić information content (AvgIpc) is 0.738. The second kappa shape index (κ2) is 39.7. The van der Waals surface area contributed by atoms with Crippen LogP contribution in [0.25, 0.3) is 84.1 Å². The lowest BCUT2D eigenvalue weighted by Gasteiger charge is -2.44. The van der Waals surface area contributed by atoms with Crippen molar-refractivity contribution in [3.8, 4) is 50.8 Å². The van der Waals surface area contributed by atoms with Crippen LogP contribution in [-0.2, 0) is 20.9 Å². The SMILES string of the molecule is C=CC(=O)N1CC(C)N(c2nc(=O)n(-c3c(C)cc(CN(C)C)nc3C(C)C)c3nc(-c4ccccc4F)c(Cl)cc23)CC1C.C=CC(=O)N1CC(C)N(c2nc(=O)n(-c3c(C)ccnc3C(C)C)c3nc(-c4ccccc4F)c(C)nc23)CC1C.Cc1ccnc(C(C)C)c1-n1c(=O)nc(N2CC(C)N(C(=O)/C=C\CN(C)C)CC2C)c2cc(F)c(-c3ccccc3F)nc21. The number of carbonyl (C=O) groups excluding carboxylic acids is 3. The van der Waals surface area contributed by atoms with E-state index in [2.05, 4.69) is 43.1 Å². The first kappa shape index (κ1) is 95.5. The summed E-state index contributed by atoms with van der Waals surface area (Å²) >= 11 is 6.85. The molecule has 3 aliphatic heterocycles. The minimum atomic E-state index is -0.742. The molecule has 27 nitrogen and oxygen atoms in total. The Labute approximate surface area is 764 Å². The molecule has 12 aromatic rings. The number of halogens is 5. The third-order valence-corrected chi connectivity index (χ3v) is 24.2. The molecule has 6 atom stereocenters. The molecule has 3 fully saturated rings. The van der Waals surface area contributed by atoms with Gasteiger partial charge in [-0.1, -0.05) is 109 Å². The molecule has 3 aliphatic rings. The lowest BCUT2D eigenvalue weighted by atomic mass is 10.0. The largest absolute Gasteiger partial charge is 0.356 e. The van der Waals surface area contributed by atoms with E-state index in [-0.39, 0.29) is 116 Å². The van der Waals surface area contributed by atoms with E-state index in [1.54, 1.807) is 94.7 Å². The summed E-state index contributed by atoms with van der Waals surface area (Å²) in [5, 5.41) is 1.06. The van der Waals surface area contributed by atoms with Crippen molar-refractivity contribution in [1.82, 2.24) is 88.0 Å². The van der Waals surface area contributed by atoms with Crippen molar-refractivity contribution < 1.29 is 31.9 Å². The number of fused-ring (bicyclic) bond motifs is 3. The number of hydrogen-bond donors (Lipinski definition) is 0. The van der Waals surface area contributed by atoms with Crippen molar-refractivity contribution >= 4 is 80.0 Å². The normalized spacial score (nSPS) is 17.2. The lowest BCUT2D eigenvalue weighted by molar-refractivity contribution is -0.129. The molecule has 0 bridgehead atoms. The monoisotopic (exact) mass is 1800 g/mol. The van der Waals surface area contributed by atoms with Crippen molar-refractivity contribution in [1.29, 1.82) is 0 Å². The van der Waals surface area contributed by atoms with Crippen LogP contribution in [-0.4, -0.2) is 216 Å². The van der Waals surface area contributed by atoms with Gasteiger partial charge in [0.05, 0.1) is 72.7 Å². The zero-order valence-corrected chi connectivity index (χ0v) is 78.5. The Morgan fingerprint density at radius 3 is 1.27 bits per heavy atom. The number of nitrogens with zero attached hydrogens (tertiary/aromatic N) is 21. The van der Waals surface area contributed by atoms with Crippen LogP contribution in [0.1, 0.15) is 146 Å². The quantitative estimate of drug-likeness (QED) is 0.0537. The lowest BCUT2D eigenvalue weighted by Crippen LogP contribution is -2.58. The Morgan fingerprint density at radius 2 is 0.832 bits per heavy atom. The molecule has 0 aliphatic carbocycles. The first-order chi connectivity index (χ1) is 62.2. The van der Waals surface area contributed by atoms with Gasteiger partial charge in [-0.3, -0.25) is 29.3 Å². The topological polar surface area (TPSA) is 272 Å². The molecule has 131 heavy (non-hydrogen) atoms. The number of rotatable bonds is 19. The smallest absolute Gasteiger partial charge is 0.349 e. The summed E-state index contributed by atoms with van der Waals surface area (Å²) in [4.78, 5) is 143. The summed E-state index contributed by atoms with van der Waals surface area (Å²) in [6, 6.07) is 25.9. The molecule has 6 unspecified atom stereocenters. The number of amides is 3. The van der Waals surface area contributed by atoms with Crippen LogP contribution in [0.4, 0.5) is 35.0 Å². The van der Waals surface area contributed by atoms with Crippen LogP contribution < -0.4 is 31.8 Å². The summed E-state index contributed by atoms with van der Waals surface area (Å²) in [6.07, 6.45) is 9.44. The van der Waals surface area contributed by atoms with Crippen LogP contribution in [0.3, 0.4) is 0 Å². The van der Waals surface area contributed by atoms with Gasteiger partial charge >= 0.3 is 17.1 Å². The van der Waals surface area contributed by atoms with Crippen LogP contribution in [0.2, 0.25) is 5.02 Å². The fourth-order valence-corrected chi connectivity index (χ4v) is 17.7. The van der Waals surface area contributed by atoms with Gasteiger partial charge in [-0.25, -0.2) is 65.6 Å². The molecular weight excluding hydrogens is 1690 g/mol. The second-order valence-corrected chi connectivity index (χ2v) is 35.9. The van der Waals surface area contributed by atoms with Gasteiger partial charge in [-0.05, 0) is 211 Å². The molecule has 3 amide bonds. The van der Waals surface area contributed by atoms with Crippen molar-refractivity contribution in [3.63, 3.8) is 0 Å². The maximum absolute atomic E-state index is 15.9. The molecular formula is C99H112ClF4N21O6. The highest BCUT2D eigenvalue weighted by Gasteiger charge is 2.39. The molecule has 9 aromatic heterocycles. The highest BCUT2D eigenvalue weighted by atomic mass is 35.5. The molecule has 684 valence electrons. The molecule has 32 heteroatoms. The van der Waals surface area contributed by atoms with Crippen molar-refractivity contribution in [2.45, 2.75) is 171 Å². The summed E-state index contributed by atoms with van der Waals surface area (Å²) in [7, 11) is 7.82. The number of likely N-dealkylation sites (N-methyl/N-ethyl adjacent to an activating group) is 1. The van der Waals surface area contributed by atoms with E-state index in [4.69, 9.17) is 31.5 Å². The predicted molar refractivity (Wildman–Crippen MR) is 508 cm³/mol. The Bertz CT molecular complexity index is 6670. The van der Waals surface area contributed by atoms with E-state index in [9.17, 15) is 37.5 Å². The first-order valence-electron chi connectivity index (χ1n) is 43.9. The van der Waals surface area contributed by atoms with Gasteiger partial charge in [0, 0.05) is 124 Å². The fraction of sp³-hybridized carbons (Fsp3) is 0.374. The zero-order valence-electron chi connectivity index (χ0n) is 77.8. The van der Waals surface area contributed by atoms with E-state index >= 15 is 8.78 Å². The minimum Gasteiger partial charge on any atom is -0.349 e. The van der Waals surface area contributed by atoms with Gasteiger partial charge in [0.25, 0.3) is 0 Å². The zero-order chi connectivity index (χ0) is 94.9. The van der Waals surface area contributed by atoms with Crippen LogP contribution in [0, 0.1) is 51.0 Å². The second-order valence-electron chi connectivity index (χ2n) is 35.5. The van der Waals surface area contributed by atoms with Crippen molar-refractivity contribution in [2.75, 3.05) is 88.7 Å². The highest BCUT2D eigenvalue weighted by Crippen LogP contribution is 2.41. The Kier molecular flexibility index (Phi) is 28.9. The van der Waals surface area contributed by atoms with E-state index in [1.165, 1.54) is 62.3 Å². The summed E-state index contributed by atoms with van der Waals surface area (Å²) < 4.78 is 65.2. The number of hydrogen-bond acceptors (Lipinski definition) is 21. The van der Waals surface area contributed by atoms with E-state index < -0.39 is 40.3 Å². The van der Waals surface area contributed by atoms with Crippen LogP contribution in [0.15, 0.2) is 167 Å². The molecule has 3 saturated heterocycles. The van der Waals surface area contributed by atoms with E-state index in [0.29, 0.717) is 126 Å². The highest BCUT2D eigenvalue weighted by molar-refractivity contribution is 6.34. The number of pyridine rings is 5. The summed E-state index contributed by atoms with van der Waals surface area (Å²) in [5.41, 5.74) is 7.93. The Balaban J connectivity index is 0.000000167. The van der Waals surface area contributed by atoms with Gasteiger partial charge in [0.15, 0.2) is 22.8 Å². The predicted octanol–water partition coefficient (Wildman–Crippen LogP) is 15.6. The third kappa shape index (κ3) is 19.4. The Hall–Kier alpha value is -13.1. The molecule has 0 N–H and O–H groups in total. The van der Waals surface area contributed by atoms with Gasteiger partial charge in [0.2, 0.25) is 17.7 Å². The number of benzene rings is 3. The number of piperazine rings is 3. The molecule has 3 aromatic carbocycles. The molecule has 0 radical (unpaired) electrons. The molecule has 12 heterocycles. The van der Waals surface area contributed by atoms with Gasteiger partial charge in [-0.2, -0.15) is 15.0 Å². The standard InChI is InChI=1S/C34H39ClFN7O2.C34H39F2N7O2.C31H34FN7O2/c1-9-28(44)41-16-22(6)42(17-21(41)5)32-25-15-26(35)30(24-12-10-11-13-27(24)36)38-33(25)43(34(45)39-32)31-20(4)14-23(18-40(7)8)37-29(31)19(2)3;1-20(2)29-31(21(3)14-15-37-29)43-33-25(17-27(36)30(38-33)24-11-8-9-12-26(24)35)32(39-34(43)45)42-19-22(4)41(18-23(42)5)28(44)13-10-16-40(6)7;1-8-24(40)37-15-20(6)38(16-19(37)5)29-27-30(35-26(21(7)34-27)22-11-9-10-12-23(22)32)39(31(41)36-29)28-18(4)13-14-33-25(28)17(2)3/h9-15,19,21-22H,1,16-18H2,2-8H3;8-15,17,20,22-23H,16,18-19H2,1-7H3;8-14,17,19-20H,1,15-16H2,2-7H3/b;13-10-;. The van der Waals surface area contributed by atoms with Gasteiger partial charge < -0.3 is 39.2 Å². The third-order valence-electron chi connectivity index (χ3n) is 23.9. The molecule has 15 rings (SSSR count). The number of aryl methyl sites for hydroxylation is 4. The number of aromatic nitrogens is 13. The molecule has 0 spiro atoms. The first-order valence-corrected chi connectivity index (χ1v) is 44.3. The number of carbonyl (C=O) groups is 3. The Morgan fingerprint density at radius 1 is 0.443 bits per heavy atom. The summed E-state index contributed by atoms with van der Waals surface area (Å²) in [5.74, 6) is -1.69. The fourth-order valence-electron chi connectivity index (χ4n) is 17.5. The van der Waals surface area contributed by atoms with Gasteiger partial charge in [0.1, 0.15) is 46.1 Å². The summed E-state index contributed by atoms with van der Waals surface area (Å²) in [6.45, 7) is 42.2. The maximum Gasteiger partial charge on any atom is 0.356 e. The average molecular weight is 1800 g/mol. The van der Waals surface area contributed by atoms with Crippen LogP contribution in [0.5, 0.6) is 0 Å². The minimum absolute atomic E-state index is 0.00678. The van der Waals surface area contributed by atoms with E-state index in [1.807, 2.05) is 175 Å². The number of anilines is 3. The van der Waals surface area contributed by atoms with Gasteiger partial charge in [-0.15, -0.1) is 0 Å². The van der Waals surface area contributed by atoms with Crippen LogP contribution >= 0.6 is 11.6 Å². The molecule has 0 saturated carbocycles. The van der Waals surface area contributed by atoms with Crippen molar-refractivity contribution in [2.24, 2.45) is 0 Å². The van der Waals surface area contributed by atoms with E-state index in [0.717, 1.165) is 33.8 Å². The van der Waals surface area contributed by atoms with Crippen molar-refractivity contribution in [3.05, 3.63) is 258 Å². The maximum atomic E-state index is 15.9.